The minimum Gasteiger partial charge on any atom is -0.396 e. The van der Waals surface area contributed by atoms with Crippen LogP contribution in [0.4, 0.5) is 6.01 Å². The number of benzene rings is 1. The van der Waals surface area contributed by atoms with Crippen molar-refractivity contribution < 1.29 is 9.63 Å². The lowest BCUT2D eigenvalue weighted by Gasteiger charge is -2.41. The van der Waals surface area contributed by atoms with Gasteiger partial charge in [0.2, 0.25) is 5.82 Å². The van der Waals surface area contributed by atoms with E-state index in [1.807, 2.05) is 30.3 Å². The molecule has 5 heteroatoms. The number of aliphatic hydroxyl groups is 1. The van der Waals surface area contributed by atoms with Gasteiger partial charge in [0, 0.05) is 24.1 Å². The van der Waals surface area contributed by atoms with E-state index in [4.69, 9.17) is 4.52 Å². The Kier molecular flexibility index (Phi) is 3.81. The number of anilines is 1. The summed E-state index contributed by atoms with van der Waals surface area (Å²) in [6, 6.07) is 10.5. The van der Waals surface area contributed by atoms with Crippen molar-refractivity contribution >= 4 is 6.01 Å². The van der Waals surface area contributed by atoms with Gasteiger partial charge < -0.3 is 14.5 Å². The number of nitrogens with zero attached hydrogens (tertiary/aromatic N) is 3. The molecule has 0 unspecified atom stereocenters. The van der Waals surface area contributed by atoms with Crippen molar-refractivity contribution in [3.8, 4) is 11.4 Å². The molecule has 4 rings (SSSR count). The van der Waals surface area contributed by atoms with Crippen LogP contribution < -0.4 is 4.90 Å². The molecule has 0 radical (unpaired) electrons. The van der Waals surface area contributed by atoms with Crippen LogP contribution in [-0.4, -0.2) is 34.9 Å². The van der Waals surface area contributed by atoms with Gasteiger partial charge in [0.15, 0.2) is 0 Å². The largest absolute Gasteiger partial charge is 0.396 e. The molecular weight excluding hydrogens is 290 g/mol. The highest BCUT2D eigenvalue weighted by atomic mass is 16.5. The standard InChI is InChI=1S/C18H23N3O2/c22-13-18(11-14-7-8-14)9-4-10-21(12-18)17-19-16(20-23-17)15-5-2-1-3-6-15/h1-3,5-6,14,22H,4,7-13H2/t18-/m1/s1. The van der Waals surface area contributed by atoms with Crippen LogP contribution in [0.3, 0.4) is 0 Å². The van der Waals surface area contributed by atoms with Gasteiger partial charge in [0.25, 0.3) is 0 Å². The second kappa shape index (κ2) is 5.96. The van der Waals surface area contributed by atoms with Gasteiger partial charge >= 0.3 is 6.01 Å². The molecule has 1 aliphatic heterocycles. The van der Waals surface area contributed by atoms with E-state index in [0.29, 0.717) is 11.8 Å². The molecule has 1 aromatic heterocycles. The molecule has 1 aliphatic carbocycles. The zero-order valence-corrected chi connectivity index (χ0v) is 13.3. The lowest BCUT2D eigenvalue weighted by Crippen LogP contribution is -2.46. The maximum absolute atomic E-state index is 9.97. The van der Waals surface area contributed by atoms with Crippen LogP contribution in [0.2, 0.25) is 0 Å². The second-order valence-electron chi connectivity index (χ2n) is 7.10. The van der Waals surface area contributed by atoms with Crippen LogP contribution in [0.5, 0.6) is 0 Å². The summed E-state index contributed by atoms with van der Waals surface area (Å²) in [5.74, 6) is 1.44. The third-order valence-corrected chi connectivity index (χ3v) is 5.13. The van der Waals surface area contributed by atoms with Crippen molar-refractivity contribution in [3.63, 3.8) is 0 Å². The van der Waals surface area contributed by atoms with Gasteiger partial charge in [-0.2, -0.15) is 4.98 Å². The monoisotopic (exact) mass is 313 g/mol. The smallest absolute Gasteiger partial charge is 0.324 e. The van der Waals surface area contributed by atoms with E-state index >= 15 is 0 Å². The summed E-state index contributed by atoms with van der Waals surface area (Å²) in [4.78, 5) is 6.72. The second-order valence-corrected chi connectivity index (χ2v) is 7.10. The minimum atomic E-state index is 0.000791. The lowest BCUT2D eigenvalue weighted by molar-refractivity contribution is 0.0883. The van der Waals surface area contributed by atoms with E-state index in [1.165, 1.54) is 12.8 Å². The van der Waals surface area contributed by atoms with Crippen LogP contribution in [0.15, 0.2) is 34.9 Å². The predicted molar refractivity (Wildman–Crippen MR) is 88.0 cm³/mol. The van der Waals surface area contributed by atoms with E-state index < -0.39 is 0 Å². The van der Waals surface area contributed by atoms with Gasteiger partial charge in [-0.3, -0.25) is 0 Å². The number of piperidine rings is 1. The summed E-state index contributed by atoms with van der Waals surface area (Å²) in [6.07, 6.45) is 5.92. The molecule has 0 bridgehead atoms. The molecule has 2 heterocycles. The molecule has 2 aromatic rings. The van der Waals surface area contributed by atoms with Crippen LogP contribution in [0, 0.1) is 11.3 Å². The van der Waals surface area contributed by atoms with Crippen molar-refractivity contribution in [2.45, 2.75) is 32.1 Å². The number of hydrogen-bond acceptors (Lipinski definition) is 5. The van der Waals surface area contributed by atoms with Crippen molar-refractivity contribution in [1.29, 1.82) is 0 Å². The van der Waals surface area contributed by atoms with Crippen LogP contribution in [0.1, 0.15) is 32.1 Å². The summed E-state index contributed by atoms with van der Waals surface area (Å²) >= 11 is 0. The summed E-state index contributed by atoms with van der Waals surface area (Å²) in [5.41, 5.74) is 0.965. The molecule has 0 amide bonds. The first-order valence-corrected chi connectivity index (χ1v) is 8.53. The molecule has 1 aromatic carbocycles. The third kappa shape index (κ3) is 3.11. The van der Waals surface area contributed by atoms with Crippen LogP contribution in [0.25, 0.3) is 11.4 Å². The first-order valence-electron chi connectivity index (χ1n) is 8.53. The highest BCUT2D eigenvalue weighted by Gasteiger charge is 2.40. The molecule has 2 fully saturated rings. The molecule has 122 valence electrons. The molecule has 1 saturated heterocycles. The maximum atomic E-state index is 9.97. The van der Waals surface area contributed by atoms with Gasteiger partial charge in [0.05, 0.1) is 6.61 Å². The molecule has 2 aliphatic rings. The zero-order valence-electron chi connectivity index (χ0n) is 13.3. The Morgan fingerprint density at radius 3 is 2.83 bits per heavy atom. The lowest BCUT2D eigenvalue weighted by atomic mass is 9.76. The number of rotatable bonds is 5. The molecule has 1 saturated carbocycles. The Morgan fingerprint density at radius 1 is 1.26 bits per heavy atom. The maximum Gasteiger partial charge on any atom is 0.324 e. The van der Waals surface area contributed by atoms with Gasteiger partial charge in [-0.15, -0.1) is 0 Å². The Labute approximate surface area is 136 Å². The van der Waals surface area contributed by atoms with Gasteiger partial charge in [-0.05, 0) is 25.2 Å². The van der Waals surface area contributed by atoms with Gasteiger partial charge in [-0.25, -0.2) is 0 Å². The van der Waals surface area contributed by atoms with Crippen molar-refractivity contribution in [2.24, 2.45) is 11.3 Å². The normalized spacial score (nSPS) is 24.8. The Morgan fingerprint density at radius 2 is 2.09 bits per heavy atom. The SMILES string of the molecule is OC[C@@]1(CC2CC2)CCCN(c2nc(-c3ccccc3)no2)C1. The average molecular weight is 313 g/mol. The highest BCUT2D eigenvalue weighted by molar-refractivity contribution is 5.55. The van der Waals surface area contributed by atoms with Crippen LogP contribution in [-0.2, 0) is 0 Å². The summed E-state index contributed by atoms with van der Waals surface area (Å²) in [7, 11) is 0. The fourth-order valence-electron chi connectivity index (χ4n) is 3.71. The minimum absolute atomic E-state index is 0.000791. The number of hydrogen-bond donors (Lipinski definition) is 1. The molecule has 1 N–H and O–H groups in total. The molecule has 5 nitrogen and oxygen atoms in total. The molecular formula is C18H23N3O2. The van der Waals surface area contributed by atoms with Gasteiger partial charge in [0.1, 0.15) is 0 Å². The highest BCUT2D eigenvalue weighted by Crippen LogP contribution is 2.45. The van der Waals surface area contributed by atoms with Crippen molar-refractivity contribution in [1.82, 2.24) is 10.1 Å². The van der Waals surface area contributed by atoms with E-state index in [1.54, 1.807) is 0 Å². The first kappa shape index (κ1) is 14.7. The van der Waals surface area contributed by atoms with E-state index in [-0.39, 0.29) is 12.0 Å². The van der Waals surface area contributed by atoms with Crippen molar-refractivity contribution in [2.75, 3.05) is 24.6 Å². The summed E-state index contributed by atoms with van der Waals surface area (Å²) < 4.78 is 5.50. The topological polar surface area (TPSA) is 62.4 Å². The number of aliphatic hydroxyl groups excluding tert-OH is 1. The fraction of sp³-hybridized carbons (Fsp3) is 0.556. The summed E-state index contributed by atoms with van der Waals surface area (Å²) in [6.45, 7) is 1.99. The van der Waals surface area contributed by atoms with Gasteiger partial charge in [-0.1, -0.05) is 48.3 Å². The Hall–Kier alpha value is -1.88. The summed E-state index contributed by atoms with van der Waals surface area (Å²) in [5, 5.41) is 14.1. The predicted octanol–water partition coefficient (Wildman–Crippen LogP) is 3.12. The van der Waals surface area contributed by atoms with Crippen LogP contribution >= 0.6 is 0 Å². The van der Waals surface area contributed by atoms with Crippen molar-refractivity contribution in [3.05, 3.63) is 30.3 Å². The van der Waals surface area contributed by atoms with E-state index in [0.717, 1.165) is 43.8 Å². The first-order chi connectivity index (χ1) is 11.3. The molecule has 1 atom stereocenters. The van der Waals surface area contributed by atoms with E-state index in [2.05, 4.69) is 15.0 Å². The number of aromatic nitrogens is 2. The fourth-order valence-corrected chi connectivity index (χ4v) is 3.71. The quantitative estimate of drug-likeness (QED) is 0.919. The Bertz CT molecular complexity index is 653. The Balaban J connectivity index is 1.52. The average Bonchev–Trinajstić information content (AvgIpc) is 3.27. The van der Waals surface area contributed by atoms with E-state index in [9.17, 15) is 5.11 Å². The molecule has 23 heavy (non-hydrogen) atoms. The zero-order chi connectivity index (χ0) is 15.7. The molecule has 0 spiro atoms. The third-order valence-electron chi connectivity index (χ3n) is 5.13.